The second-order valence-corrected chi connectivity index (χ2v) is 4.07. The second-order valence-electron chi connectivity index (χ2n) is 4.07. The quantitative estimate of drug-likeness (QED) is 0.805. The van der Waals surface area contributed by atoms with Crippen molar-refractivity contribution >= 4 is 0 Å². The van der Waals surface area contributed by atoms with E-state index in [1.807, 2.05) is 0 Å². The topological polar surface area (TPSA) is 35.2 Å². The summed E-state index contributed by atoms with van der Waals surface area (Å²) in [4.78, 5) is 0. The highest BCUT2D eigenvalue weighted by Gasteiger charge is 2.02. The molecule has 1 atom stereocenters. The van der Waals surface area contributed by atoms with Crippen molar-refractivity contribution in [2.24, 2.45) is 5.73 Å². The van der Waals surface area contributed by atoms with Gasteiger partial charge in [0.25, 0.3) is 0 Å². The molecular weight excluding hydrogens is 186 g/mol. The van der Waals surface area contributed by atoms with Crippen molar-refractivity contribution < 1.29 is 4.74 Å². The molecule has 1 unspecified atom stereocenters. The smallest absolute Gasteiger partial charge is 0.122 e. The molecule has 2 heteroatoms. The minimum Gasteiger partial charge on any atom is -0.493 e. The lowest BCUT2D eigenvalue weighted by atomic mass is 10.1. The number of hydrogen-bond acceptors (Lipinski definition) is 2. The molecule has 1 aromatic rings. The van der Waals surface area contributed by atoms with E-state index in [1.165, 1.54) is 11.1 Å². The Hall–Kier alpha value is -1.02. The summed E-state index contributed by atoms with van der Waals surface area (Å²) in [6.07, 6.45) is 1.93. The molecule has 0 aliphatic heterocycles. The second kappa shape index (κ2) is 5.76. The Morgan fingerprint density at radius 2 is 2.07 bits per heavy atom. The highest BCUT2D eigenvalue weighted by Crippen LogP contribution is 2.19. The SMILES string of the molecule is CCC(N)CCOc1cc(C)ccc1C. The third-order valence-electron chi connectivity index (χ3n) is 2.61. The standard InChI is InChI=1S/C13H21NO/c1-4-12(14)7-8-15-13-9-10(2)5-6-11(13)3/h5-6,9,12H,4,7-8,14H2,1-3H3. The van der Waals surface area contributed by atoms with Crippen LogP contribution >= 0.6 is 0 Å². The lowest BCUT2D eigenvalue weighted by Crippen LogP contribution is -2.21. The van der Waals surface area contributed by atoms with Crippen LogP contribution in [0, 0.1) is 13.8 Å². The number of aryl methyl sites for hydroxylation is 2. The van der Waals surface area contributed by atoms with E-state index in [2.05, 4.69) is 39.0 Å². The fourth-order valence-corrected chi connectivity index (χ4v) is 1.39. The van der Waals surface area contributed by atoms with E-state index in [1.54, 1.807) is 0 Å². The Labute approximate surface area is 92.4 Å². The molecule has 0 aliphatic carbocycles. The molecule has 0 spiro atoms. The van der Waals surface area contributed by atoms with Crippen LogP contribution in [0.4, 0.5) is 0 Å². The maximum absolute atomic E-state index is 5.83. The monoisotopic (exact) mass is 207 g/mol. The van der Waals surface area contributed by atoms with Gasteiger partial charge in [0.05, 0.1) is 6.61 Å². The van der Waals surface area contributed by atoms with Gasteiger partial charge in [-0.2, -0.15) is 0 Å². The molecular formula is C13H21NO. The number of hydrogen-bond donors (Lipinski definition) is 1. The van der Waals surface area contributed by atoms with Crippen molar-refractivity contribution in [1.29, 1.82) is 0 Å². The molecule has 2 N–H and O–H groups in total. The lowest BCUT2D eigenvalue weighted by molar-refractivity contribution is 0.294. The molecule has 0 amide bonds. The van der Waals surface area contributed by atoms with Crippen LogP contribution in [0.15, 0.2) is 18.2 Å². The Bertz CT molecular complexity index is 309. The number of benzene rings is 1. The van der Waals surface area contributed by atoms with Crippen LogP contribution in [0.2, 0.25) is 0 Å². The first-order chi connectivity index (χ1) is 7.13. The van der Waals surface area contributed by atoms with Crippen molar-refractivity contribution in [3.05, 3.63) is 29.3 Å². The fourth-order valence-electron chi connectivity index (χ4n) is 1.39. The minimum atomic E-state index is 0.259. The first-order valence-corrected chi connectivity index (χ1v) is 5.59. The summed E-state index contributed by atoms with van der Waals surface area (Å²) in [5.74, 6) is 0.985. The van der Waals surface area contributed by atoms with Gasteiger partial charge in [0.1, 0.15) is 5.75 Å². The van der Waals surface area contributed by atoms with Crippen LogP contribution in [0.5, 0.6) is 5.75 Å². The van der Waals surface area contributed by atoms with Gasteiger partial charge >= 0.3 is 0 Å². The summed E-state index contributed by atoms with van der Waals surface area (Å²) in [5, 5.41) is 0. The molecule has 0 heterocycles. The minimum absolute atomic E-state index is 0.259. The summed E-state index contributed by atoms with van der Waals surface area (Å²) in [6, 6.07) is 6.52. The molecule has 0 saturated heterocycles. The third kappa shape index (κ3) is 3.92. The average molecular weight is 207 g/mol. The van der Waals surface area contributed by atoms with Crippen LogP contribution in [0.3, 0.4) is 0 Å². The van der Waals surface area contributed by atoms with Crippen LogP contribution in [0.25, 0.3) is 0 Å². The summed E-state index contributed by atoms with van der Waals surface area (Å²) >= 11 is 0. The molecule has 0 radical (unpaired) electrons. The van der Waals surface area contributed by atoms with E-state index in [9.17, 15) is 0 Å². The summed E-state index contributed by atoms with van der Waals surface area (Å²) < 4.78 is 5.71. The molecule has 15 heavy (non-hydrogen) atoms. The maximum atomic E-state index is 5.83. The highest BCUT2D eigenvalue weighted by molar-refractivity contribution is 5.35. The van der Waals surface area contributed by atoms with Crippen molar-refractivity contribution in [2.75, 3.05) is 6.61 Å². The van der Waals surface area contributed by atoms with Gasteiger partial charge in [-0.05, 0) is 43.9 Å². The fraction of sp³-hybridized carbons (Fsp3) is 0.538. The van der Waals surface area contributed by atoms with Gasteiger partial charge < -0.3 is 10.5 Å². The Morgan fingerprint density at radius 3 is 2.73 bits per heavy atom. The van der Waals surface area contributed by atoms with Gasteiger partial charge in [0.15, 0.2) is 0 Å². The normalized spacial score (nSPS) is 12.5. The summed E-state index contributed by atoms with van der Waals surface area (Å²) in [6.45, 7) is 6.94. The van der Waals surface area contributed by atoms with E-state index in [-0.39, 0.29) is 6.04 Å². The van der Waals surface area contributed by atoms with Gasteiger partial charge in [-0.15, -0.1) is 0 Å². The predicted octanol–water partition coefficient (Wildman–Crippen LogP) is 2.81. The van der Waals surface area contributed by atoms with Crippen LogP contribution in [-0.4, -0.2) is 12.6 Å². The summed E-state index contributed by atoms with van der Waals surface area (Å²) in [5.41, 5.74) is 8.24. The third-order valence-corrected chi connectivity index (χ3v) is 2.61. The Morgan fingerprint density at radius 1 is 1.33 bits per heavy atom. The Balaban J connectivity index is 2.46. The zero-order chi connectivity index (χ0) is 11.3. The van der Waals surface area contributed by atoms with E-state index >= 15 is 0 Å². The van der Waals surface area contributed by atoms with Crippen molar-refractivity contribution in [3.63, 3.8) is 0 Å². The molecule has 1 rings (SSSR count). The van der Waals surface area contributed by atoms with E-state index in [4.69, 9.17) is 10.5 Å². The number of nitrogens with two attached hydrogens (primary N) is 1. The molecule has 1 aromatic carbocycles. The summed E-state index contributed by atoms with van der Waals surface area (Å²) in [7, 11) is 0. The highest BCUT2D eigenvalue weighted by atomic mass is 16.5. The zero-order valence-corrected chi connectivity index (χ0v) is 9.92. The largest absolute Gasteiger partial charge is 0.493 e. The molecule has 0 bridgehead atoms. The Kier molecular flexibility index (Phi) is 4.63. The van der Waals surface area contributed by atoms with E-state index in [0.29, 0.717) is 6.61 Å². The maximum Gasteiger partial charge on any atom is 0.122 e. The lowest BCUT2D eigenvalue weighted by Gasteiger charge is -2.12. The zero-order valence-electron chi connectivity index (χ0n) is 9.92. The molecule has 0 fully saturated rings. The van der Waals surface area contributed by atoms with Crippen molar-refractivity contribution in [2.45, 2.75) is 39.7 Å². The molecule has 84 valence electrons. The van der Waals surface area contributed by atoms with Gasteiger partial charge in [-0.1, -0.05) is 19.1 Å². The first-order valence-electron chi connectivity index (χ1n) is 5.59. The first kappa shape index (κ1) is 12.1. The van der Waals surface area contributed by atoms with Gasteiger partial charge in [-0.3, -0.25) is 0 Å². The van der Waals surface area contributed by atoms with Crippen molar-refractivity contribution in [3.8, 4) is 5.75 Å². The molecule has 0 aromatic heterocycles. The van der Waals surface area contributed by atoms with Gasteiger partial charge in [0.2, 0.25) is 0 Å². The number of ether oxygens (including phenoxy) is 1. The number of rotatable bonds is 5. The molecule has 2 nitrogen and oxygen atoms in total. The van der Waals surface area contributed by atoms with Crippen LogP contribution in [0.1, 0.15) is 30.9 Å². The molecule has 0 aliphatic rings. The molecule has 0 saturated carbocycles. The van der Waals surface area contributed by atoms with Gasteiger partial charge in [0, 0.05) is 6.04 Å². The van der Waals surface area contributed by atoms with E-state index < -0.39 is 0 Å². The predicted molar refractivity (Wildman–Crippen MR) is 64.3 cm³/mol. The average Bonchev–Trinajstić information content (AvgIpc) is 2.23. The van der Waals surface area contributed by atoms with Crippen LogP contribution in [-0.2, 0) is 0 Å². The van der Waals surface area contributed by atoms with Gasteiger partial charge in [-0.25, -0.2) is 0 Å². The van der Waals surface area contributed by atoms with E-state index in [0.717, 1.165) is 18.6 Å². The van der Waals surface area contributed by atoms with Crippen molar-refractivity contribution in [1.82, 2.24) is 0 Å². The van der Waals surface area contributed by atoms with Crippen LogP contribution < -0.4 is 10.5 Å².